The summed E-state index contributed by atoms with van der Waals surface area (Å²) in [7, 11) is 6.38. The van der Waals surface area contributed by atoms with E-state index in [0.717, 1.165) is 35.0 Å². The van der Waals surface area contributed by atoms with E-state index in [1.54, 1.807) is 0 Å². The lowest BCUT2D eigenvalue weighted by Crippen LogP contribution is -2.42. The molecule has 1 aliphatic rings. The maximum atomic E-state index is 12.4. The molecular weight excluding hydrogens is 234 g/mol. The van der Waals surface area contributed by atoms with Gasteiger partial charge in [0.15, 0.2) is 5.78 Å². The van der Waals surface area contributed by atoms with E-state index in [2.05, 4.69) is 21.1 Å². The number of Topliss-reactive ketones (excluding diaryl/α,β-unsaturated/α-hetero) is 1. The van der Waals surface area contributed by atoms with E-state index >= 15 is 0 Å². The Bertz CT molecular complexity index is 448. The zero-order valence-electron chi connectivity index (χ0n) is 10.7. The summed E-state index contributed by atoms with van der Waals surface area (Å²) in [4.78, 5) is 12.4. The van der Waals surface area contributed by atoms with Crippen LogP contribution in [0.3, 0.4) is 0 Å². The van der Waals surface area contributed by atoms with Gasteiger partial charge >= 0.3 is 0 Å². The first-order valence-corrected chi connectivity index (χ1v) is 6.38. The van der Waals surface area contributed by atoms with Gasteiger partial charge in [-0.3, -0.25) is 4.79 Å². The van der Waals surface area contributed by atoms with E-state index in [4.69, 9.17) is 11.6 Å². The van der Waals surface area contributed by atoms with E-state index in [0.29, 0.717) is 5.02 Å². The number of rotatable bonds is 2. The highest BCUT2D eigenvalue weighted by Gasteiger charge is 2.31. The minimum atomic E-state index is 0.140. The minimum absolute atomic E-state index is 0.140. The van der Waals surface area contributed by atoms with E-state index in [1.165, 1.54) is 0 Å². The van der Waals surface area contributed by atoms with Crippen molar-refractivity contribution in [1.29, 1.82) is 0 Å². The highest BCUT2D eigenvalue weighted by atomic mass is 35.5. The number of hydrogen-bond acceptors (Lipinski definition) is 1. The number of fused-ring (bicyclic) bond motifs is 1. The number of halogens is 1. The van der Waals surface area contributed by atoms with Crippen molar-refractivity contribution in [2.75, 3.05) is 27.7 Å². The maximum absolute atomic E-state index is 12.4. The van der Waals surface area contributed by atoms with Crippen molar-refractivity contribution in [3.05, 3.63) is 34.3 Å². The lowest BCUT2D eigenvalue weighted by molar-refractivity contribution is -0.872. The zero-order chi connectivity index (χ0) is 12.6. The summed E-state index contributed by atoms with van der Waals surface area (Å²) in [5.41, 5.74) is 1.99. The molecule has 0 aliphatic heterocycles. The average Bonchev–Trinajstić information content (AvgIpc) is 2.21. The Labute approximate surface area is 108 Å². The molecule has 2 nitrogen and oxygen atoms in total. The van der Waals surface area contributed by atoms with Crippen molar-refractivity contribution in [2.45, 2.75) is 12.8 Å². The lowest BCUT2D eigenvalue weighted by atomic mass is 9.82. The molecule has 0 saturated heterocycles. The summed E-state index contributed by atoms with van der Waals surface area (Å²) < 4.78 is 0.826. The predicted molar refractivity (Wildman–Crippen MR) is 70.5 cm³/mol. The fourth-order valence-corrected chi connectivity index (χ4v) is 2.68. The molecule has 0 heterocycles. The van der Waals surface area contributed by atoms with Crippen LogP contribution in [-0.4, -0.2) is 38.0 Å². The van der Waals surface area contributed by atoms with Crippen molar-refractivity contribution in [1.82, 2.24) is 0 Å². The van der Waals surface area contributed by atoms with Gasteiger partial charge in [-0.1, -0.05) is 17.7 Å². The third kappa shape index (κ3) is 2.88. The highest BCUT2D eigenvalue weighted by Crippen LogP contribution is 2.28. The third-order valence-electron chi connectivity index (χ3n) is 3.24. The second-order valence-corrected chi connectivity index (χ2v) is 6.31. The van der Waals surface area contributed by atoms with Crippen LogP contribution in [0, 0.1) is 5.92 Å². The second-order valence-electron chi connectivity index (χ2n) is 5.87. The second kappa shape index (κ2) is 4.43. The third-order valence-corrected chi connectivity index (χ3v) is 3.47. The Morgan fingerprint density at radius 3 is 2.71 bits per heavy atom. The summed E-state index contributed by atoms with van der Waals surface area (Å²) in [6, 6.07) is 5.67. The van der Waals surface area contributed by atoms with E-state index in [-0.39, 0.29) is 11.7 Å². The molecule has 0 bridgehead atoms. The monoisotopic (exact) mass is 252 g/mol. The number of carbonyl (C=O) groups is 1. The Balaban J connectivity index is 2.26. The van der Waals surface area contributed by atoms with Gasteiger partial charge < -0.3 is 4.48 Å². The Morgan fingerprint density at radius 2 is 2.06 bits per heavy atom. The Hall–Kier alpha value is -0.860. The van der Waals surface area contributed by atoms with Gasteiger partial charge in [-0.2, -0.15) is 0 Å². The van der Waals surface area contributed by atoms with E-state index in [1.807, 2.05) is 18.2 Å². The first-order chi connectivity index (χ1) is 7.87. The molecule has 1 aromatic carbocycles. The topological polar surface area (TPSA) is 17.1 Å². The minimum Gasteiger partial charge on any atom is -0.330 e. The SMILES string of the molecule is C[N+](C)(C)CC1CCc2ccc(Cl)cc2C1=O. The van der Waals surface area contributed by atoms with Crippen molar-refractivity contribution in [3.8, 4) is 0 Å². The normalized spacial score (nSPS) is 20.2. The van der Waals surface area contributed by atoms with E-state index in [9.17, 15) is 4.79 Å². The largest absolute Gasteiger partial charge is 0.330 e. The van der Waals surface area contributed by atoms with Crippen molar-refractivity contribution >= 4 is 17.4 Å². The standard InChI is InChI=1S/C14H19ClNO/c1-16(2,3)9-11-5-4-10-6-7-12(15)8-13(10)14(11)17/h6-8,11H,4-5,9H2,1-3H3/q+1. The van der Waals surface area contributed by atoms with Crippen molar-refractivity contribution < 1.29 is 9.28 Å². The molecule has 0 aromatic heterocycles. The van der Waals surface area contributed by atoms with E-state index < -0.39 is 0 Å². The van der Waals surface area contributed by atoms with Crippen LogP contribution >= 0.6 is 11.6 Å². The van der Waals surface area contributed by atoms with Crippen molar-refractivity contribution in [2.24, 2.45) is 5.92 Å². The Kier molecular flexibility index (Phi) is 3.28. The number of benzene rings is 1. The highest BCUT2D eigenvalue weighted by molar-refractivity contribution is 6.31. The fraction of sp³-hybridized carbons (Fsp3) is 0.500. The molecule has 1 atom stereocenters. The number of nitrogens with zero attached hydrogens (tertiary/aromatic N) is 1. The number of aryl methyl sites for hydroxylation is 1. The molecule has 3 heteroatoms. The van der Waals surface area contributed by atoms with Gasteiger partial charge in [-0.05, 0) is 30.5 Å². The molecule has 92 valence electrons. The smallest absolute Gasteiger partial charge is 0.171 e. The Morgan fingerprint density at radius 1 is 1.35 bits per heavy atom. The molecule has 0 N–H and O–H groups in total. The molecule has 0 saturated carbocycles. The number of carbonyl (C=O) groups excluding carboxylic acids is 1. The van der Waals surface area contributed by atoms with Crippen LogP contribution in [-0.2, 0) is 6.42 Å². The first kappa shape index (κ1) is 12.6. The van der Waals surface area contributed by atoms with Gasteiger partial charge in [-0.25, -0.2) is 0 Å². The lowest BCUT2D eigenvalue weighted by Gasteiger charge is -2.31. The van der Waals surface area contributed by atoms with Crippen LogP contribution in [0.2, 0.25) is 5.02 Å². The summed E-state index contributed by atoms with van der Waals surface area (Å²) in [5.74, 6) is 0.405. The quantitative estimate of drug-likeness (QED) is 0.740. The van der Waals surface area contributed by atoms with Crippen LogP contribution in [0.1, 0.15) is 22.3 Å². The predicted octanol–water partition coefficient (Wildman–Crippen LogP) is 2.79. The average molecular weight is 253 g/mol. The number of ketones is 1. The summed E-state index contributed by atoms with van der Waals surface area (Å²) >= 11 is 5.97. The van der Waals surface area contributed by atoms with Crippen molar-refractivity contribution in [3.63, 3.8) is 0 Å². The van der Waals surface area contributed by atoms with Gasteiger partial charge in [0.25, 0.3) is 0 Å². The molecule has 0 fully saturated rings. The molecule has 0 radical (unpaired) electrons. The van der Waals surface area contributed by atoms with Gasteiger partial charge in [0, 0.05) is 10.6 Å². The van der Waals surface area contributed by atoms with Gasteiger partial charge in [0.1, 0.15) is 0 Å². The van der Waals surface area contributed by atoms with Crippen LogP contribution < -0.4 is 0 Å². The number of quaternary nitrogens is 1. The van der Waals surface area contributed by atoms with Crippen LogP contribution in [0.15, 0.2) is 18.2 Å². The summed E-state index contributed by atoms with van der Waals surface area (Å²) in [6.45, 7) is 0.894. The first-order valence-electron chi connectivity index (χ1n) is 6.00. The summed E-state index contributed by atoms with van der Waals surface area (Å²) in [5, 5.41) is 0.656. The molecule has 0 amide bonds. The zero-order valence-corrected chi connectivity index (χ0v) is 11.4. The number of hydrogen-bond donors (Lipinski definition) is 0. The maximum Gasteiger partial charge on any atom is 0.171 e. The molecule has 1 aromatic rings. The van der Waals surface area contributed by atoms with Gasteiger partial charge in [-0.15, -0.1) is 0 Å². The molecule has 17 heavy (non-hydrogen) atoms. The molecular formula is C14H19ClNO+. The van der Waals surface area contributed by atoms with Crippen LogP contribution in [0.5, 0.6) is 0 Å². The fourth-order valence-electron chi connectivity index (χ4n) is 2.51. The van der Waals surface area contributed by atoms with Gasteiger partial charge in [0.2, 0.25) is 0 Å². The molecule has 0 spiro atoms. The van der Waals surface area contributed by atoms with Crippen LogP contribution in [0.4, 0.5) is 0 Å². The molecule has 1 unspecified atom stereocenters. The molecule has 2 rings (SSSR count). The summed E-state index contributed by atoms with van der Waals surface area (Å²) in [6.07, 6.45) is 1.95. The molecule has 1 aliphatic carbocycles. The van der Waals surface area contributed by atoms with Crippen LogP contribution in [0.25, 0.3) is 0 Å². The van der Waals surface area contributed by atoms with Gasteiger partial charge in [0.05, 0.1) is 33.6 Å².